The summed E-state index contributed by atoms with van der Waals surface area (Å²) in [6.07, 6.45) is 16.0. The van der Waals surface area contributed by atoms with Gasteiger partial charge in [-0.25, -0.2) is 0 Å². The quantitative estimate of drug-likeness (QED) is 0.480. The van der Waals surface area contributed by atoms with E-state index in [2.05, 4.69) is 47.3 Å². The van der Waals surface area contributed by atoms with E-state index in [1.54, 1.807) is 5.57 Å². The van der Waals surface area contributed by atoms with Crippen LogP contribution >= 0.6 is 0 Å². The molecule has 3 rings (SSSR count). The Morgan fingerprint density at radius 2 is 1.93 bits per heavy atom. The summed E-state index contributed by atoms with van der Waals surface area (Å²) in [5, 5.41) is 10.1. The van der Waals surface area contributed by atoms with Crippen molar-refractivity contribution in [2.24, 2.45) is 29.1 Å². The Labute approximate surface area is 180 Å². The molecule has 1 nitrogen and oxygen atoms in total. The summed E-state index contributed by atoms with van der Waals surface area (Å²) in [6, 6.07) is 0. The van der Waals surface area contributed by atoms with Crippen molar-refractivity contribution in [2.45, 2.75) is 111 Å². The van der Waals surface area contributed by atoms with Crippen LogP contribution in [0.1, 0.15) is 105 Å². The first-order chi connectivity index (χ1) is 13.7. The number of rotatable bonds is 6. The van der Waals surface area contributed by atoms with Crippen molar-refractivity contribution < 1.29 is 5.11 Å². The van der Waals surface area contributed by atoms with Gasteiger partial charge in [0.05, 0.1) is 6.10 Å². The predicted molar refractivity (Wildman–Crippen MR) is 126 cm³/mol. The molecule has 0 aromatic rings. The fourth-order valence-electron chi connectivity index (χ4n) is 7.02. The summed E-state index contributed by atoms with van der Waals surface area (Å²) in [6.45, 7) is 16.4. The van der Waals surface area contributed by atoms with E-state index in [-0.39, 0.29) is 6.10 Å². The van der Waals surface area contributed by atoms with Crippen molar-refractivity contribution in [1.29, 1.82) is 0 Å². The Bertz CT molecular complexity index is 651. The highest BCUT2D eigenvalue weighted by molar-refractivity contribution is 5.41. The third-order valence-electron chi connectivity index (χ3n) is 8.69. The van der Waals surface area contributed by atoms with Gasteiger partial charge < -0.3 is 5.11 Å². The zero-order chi connectivity index (χ0) is 21.2. The van der Waals surface area contributed by atoms with Gasteiger partial charge in [-0.15, -0.1) is 0 Å². The molecule has 0 spiro atoms. The van der Waals surface area contributed by atoms with Crippen molar-refractivity contribution in [1.82, 2.24) is 0 Å². The Kier molecular flexibility index (Phi) is 7.52. The number of fused-ring (bicyclic) bond motifs is 1. The second-order valence-corrected chi connectivity index (χ2v) is 11.3. The maximum Gasteiger partial charge on any atom is 0.0583 e. The molecule has 0 amide bonds. The van der Waals surface area contributed by atoms with E-state index in [0.717, 1.165) is 42.9 Å². The van der Waals surface area contributed by atoms with Crippen molar-refractivity contribution in [3.63, 3.8) is 0 Å². The molecule has 3 saturated carbocycles. The molecule has 5 atom stereocenters. The molecular formula is C28H46O. The molecule has 0 saturated heterocycles. The van der Waals surface area contributed by atoms with Gasteiger partial charge in [0.2, 0.25) is 0 Å². The summed E-state index contributed by atoms with van der Waals surface area (Å²) in [5.74, 6) is 3.35. The first-order valence-corrected chi connectivity index (χ1v) is 12.5. The van der Waals surface area contributed by atoms with Crippen LogP contribution in [-0.4, -0.2) is 11.2 Å². The molecule has 0 unspecified atom stereocenters. The summed E-state index contributed by atoms with van der Waals surface area (Å²) >= 11 is 0. The maximum absolute atomic E-state index is 10.1. The van der Waals surface area contributed by atoms with E-state index >= 15 is 0 Å². The molecule has 0 heterocycles. The molecule has 3 aliphatic carbocycles. The normalized spacial score (nSPS) is 37.1. The predicted octanol–water partition coefficient (Wildman–Crippen LogP) is 8.01. The van der Waals surface area contributed by atoms with Crippen LogP contribution in [0.4, 0.5) is 0 Å². The number of hydrogen-bond donors (Lipinski definition) is 1. The third kappa shape index (κ3) is 5.09. The number of aliphatic hydroxyl groups is 1. The standard InChI is InChI=1S/C28H46O/c1-19(2)9-7-10-21(4)26-14-15-27-23(11-8-16-28(26,27)6)17-22(5)25-18-24(29)13-12-20(25)3/h17,19,21,24,26-27,29H,3,7-16,18H2,1-2,4-6H3/b23-17+,25-22-/t21-,24+,26-,27+,28-/m1/s1. The van der Waals surface area contributed by atoms with Crippen LogP contribution in [-0.2, 0) is 0 Å². The SMILES string of the molecule is C=C1CC[C@H](O)C/C1=C(C)/C=C1\CCC[C@]2(C)[C@@H]([C@H](C)CCCC(C)C)CC[C@@H]12. The molecule has 164 valence electrons. The minimum atomic E-state index is -0.178. The summed E-state index contributed by atoms with van der Waals surface area (Å²) < 4.78 is 0. The molecule has 0 aliphatic heterocycles. The highest BCUT2D eigenvalue weighted by atomic mass is 16.3. The zero-order valence-electron chi connectivity index (χ0n) is 19.9. The van der Waals surface area contributed by atoms with E-state index < -0.39 is 0 Å². The molecule has 3 aliphatic rings. The van der Waals surface area contributed by atoms with Crippen molar-refractivity contribution in [2.75, 3.05) is 0 Å². The van der Waals surface area contributed by atoms with Crippen LogP contribution in [0.25, 0.3) is 0 Å². The lowest BCUT2D eigenvalue weighted by Crippen LogP contribution is -2.36. The molecule has 3 fully saturated rings. The number of hydrogen-bond acceptors (Lipinski definition) is 1. The minimum absolute atomic E-state index is 0.178. The van der Waals surface area contributed by atoms with Crippen LogP contribution < -0.4 is 0 Å². The fraction of sp³-hybridized carbons (Fsp3) is 0.786. The van der Waals surface area contributed by atoms with Gasteiger partial charge in [-0.2, -0.15) is 0 Å². The average Bonchev–Trinajstić information content (AvgIpc) is 3.01. The zero-order valence-corrected chi connectivity index (χ0v) is 19.9. The molecule has 0 bridgehead atoms. The second kappa shape index (κ2) is 9.54. The van der Waals surface area contributed by atoms with Gasteiger partial charge in [-0.05, 0) is 98.5 Å². The first kappa shape index (κ1) is 22.9. The van der Waals surface area contributed by atoms with E-state index in [0.29, 0.717) is 5.41 Å². The van der Waals surface area contributed by atoms with Crippen LogP contribution in [0, 0.1) is 29.1 Å². The van der Waals surface area contributed by atoms with Gasteiger partial charge in [0.25, 0.3) is 0 Å². The number of allylic oxidation sites excluding steroid dienone is 4. The Morgan fingerprint density at radius 1 is 1.17 bits per heavy atom. The maximum atomic E-state index is 10.1. The Morgan fingerprint density at radius 3 is 2.66 bits per heavy atom. The Hall–Kier alpha value is -0.820. The number of aliphatic hydroxyl groups excluding tert-OH is 1. The molecule has 1 heteroatoms. The van der Waals surface area contributed by atoms with Gasteiger partial charge in [0.15, 0.2) is 0 Å². The monoisotopic (exact) mass is 398 g/mol. The largest absolute Gasteiger partial charge is 0.393 e. The van der Waals surface area contributed by atoms with Crippen LogP contribution in [0.15, 0.2) is 34.9 Å². The van der Waals surface area contributed by atoms with Gasteiger partial charge in [0, 0.05) is 0 Å². The lowest BCUT2D eigenvalue weighted by molar-refractivity contribution is 0.0928. The lowest BCUT2D eigenvalue weighted by Gasteiger charge is -2.44. The van der Waals surface area contributed by atoms with Crippen molar-refractivity contribution >= 4 is 0 Å². The second-order valence-electron chi connectivity index (χ2n) is 11.3. The van der Waals surface area contributed by atoms with Gasteiger partial charge in [-0.3, -0.25) is 0 Å². The lowest BCUT2D eigenvalue weighted by atomic mass is 9.60. The highest BCUT2D eigenvalue weighted by Gasteiger charge is 2.50. The van der Waals surface area contributed by atoms with E-state index in [9.17, 15) is 5.11 Å². The van der Waals surface area contributed by atoms with Crippen LogP contribution in [0.3, 0.4) is 0 Å². The van der Waals surface area contributed by atoms with Crippen molar-refractivity contribution in [3.05, 3.63) is 34.9 Å². The molecular weight excluding hydrogens is 352 g/mol. The average molecular weight is 399 g/mol. The van der Waals surface area contributed by atoms with E-state index in [1.807, 2.05) is 0 Å². The molecule has 0 aromatic heterocycles. The fourth-order valence-corrected chi connectivity index (χ4v) is 7.02. The van der Waals surface area contributed by atoms with E-state index in [4.69, 9.17) is 0 Å². The highest BCUT2D eigenvalue weighted by Crippen LogP contribution is 2.60. The van der Waals surface area contributed by atoms with Gasteiger partial charge in [0.1, 0.15) is 0 Å². The van der Waals surface area contributed by atoms with Gasteiger partial charge in [-0.1, -0.05) is 70.8 Å². The van der Waals surface area contributed by atoms with Gasteiger partial charge >= 0.3 is 0 Å². The summed E-state index contributed by atoms with van der Waals surface area (Å²) in [5.41, 5.74) is 6.16. The molecule has 29 heavy (non-hydrogen) atoms. The Balaban J connectivity index is 1.75. The topological polar surface area (TPSA) is 20.2 Å². The summed E-state index contributed by atoms with van der Waals surface area (Å²) in [4.78, 5) is 0. The van der Waals surface area contributed by atoms with E-state index in [1.165, 1.54) is 68.1 Å². The first-order valence-electron chi connectivity index (χ1n) is 12.5. The smallest absolute Gasteiger partial charge is 0.0583 e. The minimum Gasteiger partial charge on any atom is -0.393 e. The van der Waals surface area contributed by atoms with Crippen molar-refractivity contribution in [3.8, 4) is 0 Å². The third-order valence-corrected chi connectivity index (χ3v) is 8.69. The molecule has 1 N–H and O–H groups in total. The molecule has 0 aromatic carbocycles. The molecule has 0 radical (unpaired) electrons. The van der Waals surface area contributed by atoms with Crippen LogP contribution in [0.5, 0.6) is 0 Å². The summed E-state index contributed by atoms with van der Waals surface area (Å²) in [7, 11) is 0. The van der Waals surface area contributed by atoms with Crippen LogP contribution in [0.2, 0.25) is 0 Å².